The van der Waals surface area contributed by atoms with E-state index in [1.165, 1.54) is 0 Å². The molecule has 70 valence electrons. The predicted molar refractivity (Wildman–Crippen MR) is 52.1 cm³/mol. The molecule has 5 heteroatoms. The van der Waals surface area contributed by atoms with Crippen LogP contribution < -0.4 is 5.73 Å². The Morgan fingerprint density at radius 3 is 2.79 bits per heavy atom. The molecule has 2 N–H and O–H groups in total. The second kappa shape index (κ2) is 3.69. The highest BCUT2D eigenvalue weighted by Gasteiger charge is 2.05. The molecule has 5 nitrogen and oxygen atoms in total. The van der Waals surface area contributed by atoms with Crippen LogP contribution in [0.4, 0.5) is 6.01 Å². The quantitative estimate of drug-likeness (QED) is 0.570. The van der Waals surface area contributed by atoms with Gasteiger partial charge < -0.3 is 10.3 Å². The van der Waals surface area contributed by atoms with Gasteiger partial charge in [0.15, 0.2) is 0 Å². The molecule has 0 fully saturated rings. The SMILES string of the molecule is NC=Nc1nc(-c2ccccc2)no1. The van der Waals surface area contributed by atoms with E-state index < -0.39 is 0 Å². The van der Waals surface area contributed by atoms with Crippen LogP contribution in [0.1, 0.15) is 0 Å². The van der Waals surface area contributed by atoms with Gasteiger partial charge in [0.05, 0.1) is 6.34 Å². The highest BCUT2D eigenvalue weighted by molar-refractivity contribution is 5.57. The van der Waals surface area contributed by atoms with E-state index in [2.05, 4.69) is 15.1 Å². The lowest BCUT2D eigenvalue weighted by Gasteiger charge is -1.89. The van der Waals surface area contributed by atoms with Gasteiger partial charge in [-0.05, 0) is 0 Å². The van der Waals surface area contributed by atoms with Crippen LogP contribution in [0.2, 0.25) is 0 Å². The van der Waals surface area contributed by atoms with Crippen molar-refractivity contribution in [2.45, 2.75) is 0 Å². The second-order valence-electron chi connectivity index (χ2n) is 2.54. The van der Waals surface area contributed by atoms with Crippen LogP contribution in [0.15, 0.2) is 39.8 Å². The summed E-state index contributed by atoms with van der Waals surface area (Å²) in [6, 6.07) is 9.66. The Hall–Kier alpha value is -2.17. The highest BCUT2D eigenvalue weighted by atomic mass is 16.5. The number of benzene rings is 1. The molecule has 0 unspecified atom stereocenters. The van der Waals surface area contributed by atoms with Crippen LogP contribution in [0.25, 0.3) is 11.4 Å². The molecule has 0 saturated heterocycles. The van der Waals surface area contributed by atoms with Crippen molar-refractivity contribution in [3.8, 4) is 11.4 Å². The molecule has 0 amide bonds. The average molecular weight is 188 g/mol. The third-order valence-electron chi connectivity index (χ3n) is 1.63. The van der Waals surface area contributed by atoms with Crippen LogP contribution in [0.5, 0.6) is 0 Å². The largest absolute Gasteiger partial charge is 0.390 e. The molecule has 14 heavy (non-hydrogen) atoms. The summed E-state index contributed by atoms with van der Waals surface area (Å²) >= 11 is 0. The third kappa shape index (κ3) is 1.61. The van der Waals surface area contributed by atoms with E-state index in [4.69, 9.17) is 10.3 Å². The van der Waals surface area contributed by atoms with Crippen molar-refractivity contribution >= 4 is 12.4 Å². The van der Waals surface area contributed by atoms with Crippen LogP contribution in [0.3, 0.4) is 0 Å². The summed E-state index contributed by atoms with van der Waals surface area (Å²) < 4.78 is 4.82. The normalized spacial score (nSPS) is 10.9. The van der Waals surface area contributed by atoms with Gasteiger partial charge in [-0.1, -0.05) is 35.5 Å². The zero-order valence-corrected chi connectivity index (χ0v) is 7.29. The zero-order chi connectivity index (χ0) is 9.80. The van der Waals surface area contributed by atoms with Crippen molar-refractivity contribution in [1.29, 1.82) is 0 Å². The minimum absolute atomic E-state index is 0.159. The van der Waals surface area contributed by atoms with Crippen molar-refractivity contribution in [2.75, 3.05) is 0 Å². The van der Waals surface area contributed by atoms with Crippen LogP contribution in [0, 0.1) is 0 Å². The van der Waals surface area contributed by atoms with Crippen molar-refractivity contribution in [1.82, 2.24) is 10.1 Å². The Balaban J connectivity index is 2.34. The van der Waals surface area contributed by atoms with Crippen molar-refractivity contribution in [2.24, 2.45) is 10.7 Å². The Morgan fingerprint density at radius 2 is 2.07 bits per heavy atom. The number of aromatic nitrogens is 2. The molecule has 1 aromatic carbocycles. The van der Waals surface area contributed by atoms with E-state index in [0.29, 0.717) is 5.82 Å². The maximum Gasteiger partial charge on any atom is 0.349 e. The molecule has 0 aliphatic carbocycles. The zero-order valence-electron chi connectivity index (χ0n) is 7.29. The van der Waals surface area contributed by atoms with Crippen molar-refractivity contribution < 1.29 is 4.52 Å². The number of nitrogens with zero attached hydrogens (tertiary/aromatic N) is 3. The van der Waals surface area contributed by atoms with Crippen LogP contribution >= 0.6 is 0 Å². The number of aliphatic imine (C=N–C) groups is 1. The first-order chi connectivity index (χ1) is 6.90. The van der Waals surface area contributed by atoms with E-state index in [1.54, 1.807) is 0 Å². The summed E-state index contributed by atoms with van der Waals surface area (Å²) in [5.41, 5.74) is 5.97. The summed E-state index contributed by atoms with van der Waals surface area (Å²) in [4.78, 5) is 7.68. The van der Waals surface area contributed by atoms with E-state index in [9.17, 15) is 0 Å². The monoisotopic (exact) mass is 188 g/mol. The molecule has 0 aliphatic heterocycles. The number of hydrogen-bond acceptors (Lipinski definition) is 4. The van der Waals surface area contributed by atoms with Gasteiger partial charge in [-0.2, -0.15) is 9.98 Å². The molecular weight excluding hydrogens is 180 g/mol. The van der Waals surface area contributed by atoms with Gasteiger partial charge in [0.25, 0.3) is 0 Å². The third-order valence-corrected chi connectivity index (χ3v) is 1.63. The Labute approximate surface area is 80.3 Å². The number of hydrogen-bond donors (Lipinski definition) is 1. The lowest BCUT2D eigenvalue weighted by atomic mass is 10.2. The fourth-order valence-corrected chi connectivity index (χ4v) is 1.04. The first-order valence-electron chi connectivity index (χ1n) is 4.03. The van der Waals surface area contributed by atoms with Gasteiger partial charge in [-0.25, -0.2) is 0 Å². The molecule has 0 spiro atoms. The maximum atomic E-state index is 5.09. The Kier molecular flexibility index (Phi) is 2.22. The highest BCUT2D eigenvalue weighted by Crippen LogP contribution is 2.17. The average Bonchev–Trinajstić information content (AvgIpc) is 2.68. The number of rotatable bonds is 2. The minimum atomic E-state index is 0.159. The minimum Gasteiger partial charge on any atom is -0.390 e. The summed E-state index contributed by atoms with van der Waals surface area (Å²) in [6.07, 6.45) is 1.11. The van der Waals surface area contributed by atoms with Crippen molar-refractivity contribution in [3.05, 3.63) is 30.3 Å². The Bertz CT molecular complexity index is 435. The molecule has 0 radical (unpaired) electrons. The molecule has 1 heterocycles. The molecule has 0 saturated carbocycles. The fraction of sp³-hybridized carbons (Fsp3) is 0. The van der Waals surface area contributed by atoms with Crippen LogP contribution in [-0.2, 0) is 0 Å². The van der Waals surface area contributed by atoms with E-state index in [1.807, 2.05) is 30.3 Å². The van der Waals surface area contributed by atoms with E-state index >= 15 is 0 Å². The fourth-order valence-electron chi connectivity index (χ4n) is 1.04. The summed E-state index contributed by atoms with van der Waals surface area (Å²) in [6.45, 7) is 0. The molecule has 0 aliphatic rings. The van der Waals surface area contributed by atoms with Crippen molar-refractivity contribution in [3.63, 3.8) is 0 Å². The number of nitrogens with two attached hydrogens (primary N) is 1. The maximum absolute atomic E-state index is 5.09. The molecular formula is C9H8N4O. The first kappa shape index (κ1) is 8.43. The molecule has 0 atom stereocenters. The van der Waals surface area contributed by atoms with E-state index in [0.717, 1.165) is 11.9 Å². The lowest BCUT2D eigenvalue weighted by molar-refractivity contribution is 0.430. The standard InChI is InChI=1S/C9H8N4O/c10-6-11-9-12-8(13-14-9)7-4-2-1-3-5-7/h1-6H,(H2,10,11,12,13). The summed E-state index contributed by atoms with van der Waals surface area (Å²) in [7, 11) is 0. The molecule has 0 bridgehead atoms. The van der Waals surface area contributed by atoms with Gasteiger partial charge in [0.2, 0.25) is 5.82 Å². The topological polar surface area (TPSA) is 77.3 Å². The molecule has 2 aromatic rings. The van der Waals surface area contributed by atoms with Gasteiger partial charge in [0.1, 0.15) is 0 Å². The Morgan fingerprint density at radius 1 is 1.29 bits per heavy atom. The van der Waals surface area contributed by atoms with Gasteiger partial charge in [-0.3, -0.25) is 0 Å². The predicted octanol–water partition coefficient (Wildman–Crippen LogP) is 1.36. The summed E-state index contributed by atoms with van der Waals surface area (Å²) in [5, 5.41) is 3.75. The first-order valence-corrected chi connectivity index (χ1v) is 4.03. The van der Waals surface area contributed by atoms with Gasteiger partial charge in [0, 0.05) is 5.56 Å². The van der Waals surface area contributed by atoms with E-state index in [-0.39, 0.29) is 6.01 Å². The summed E-state index contributed by atoms with van der Waals surface area (Å²) in [5.74, 6) is 0.506. The molecule has 1 aromatic heterocycles. The van der Waals surface area contributed by atoms with Crippen LogP contribution in [-0.4, -0.2) is 16.5 Å². The smallest absolute Gasteiger partial charge is 0.349 e. The van der Waals surface area contributed by atoms with Gasteiger partial charge in [-0.15, -0.1) is 0 Å². The molecule has 2 rings (SSSR count). The lowest BCUT2D eigenvalue weighted by Crippen LogP contribution is -1.86. The van der Waals surface area contributed by atoms with Gasteiger partial charge >= 0.3 is 6.01 Å². The second-order valence-corrected chi connectivity index (χ2v) is 2.54.